The van der Waals surface area contributed by atoms with Gasteiger partial charge in [-0.2, -0.15) is 0 Å². The van der Waals surface area contributed by atoms with Crippen LogP contribution in [0.25, 0.3) is 10.9 Å². The van der Waals surface area contributed by atoms with E-state index in [0.717, 1.165) is 10.9 Å². The Balaban J connectivity index is 1.63. The number of hydrazine groups is 1. The number of carbonyl (C=O) groups is 6. The molecule has 4 atom stereocenters. The van der Waals surface area contributed by atoms with E-state index in [1.807, 2.05) is 24.3 Å². The number of carbonyl (C=O) groups excluding carboxylic acids is 4. The van der Waals surface area contributed by atoms with Gasteiger partial charge in [0.25, 0.3) is 0 Å². The molecule has 1 aliphatic rings. The number of thiol groups is 1. The smallest absolute Gasteiger partial charge is 0.405 e. The number of para-hydroxylation sites is 1. The van der Waals surface area contributed by atoms with Crippen LogP contribution < -0.4 is 16.2 Å². The topological polar surface area (TPSA) is 218 Å². The maximum Gasteiger partial charge on any atom is 0.405 e. The number of phenols is 1. The number of aromatic amines is 1. The van der Waals surface area contributed by atoms with Crippen LogP contribution >= 0.6 is 12.8 Å². The van der Waals surface area contributed by atoms with Gasteiger partial charge in [-0.05, 0) is 55.0 Å². The molecule has 0 radical (unpaired) electrons. The minimum Gasteiger partial charge on any atom is -0.508 e. The second-order valence-corrected chi connectivity index (χ2v) is 11.2. The van der Waals surface area contributed by atoms with Crippen LogP contribution in [0.5, 0.6) is 5.75 Å². The molecular weight excluding hydrogens is 606 g/mol. The maximum absolute atomic E-state index is 13.7. The zero-order valence-corrected chi connectivity index (χ0v) is 24.8. The van der Waals surface area contributed by atoms with Crippen molar-refractivity contribution in [3.05, 3.63) is 65.9 Å². The summed E-state index contributed by atoms with van der Waals surface area (Å²) in [6.07, 6.45) is -0.0194. The third-order valence-electron chi connectivity index (χ3n) is 7.55. The Morgan fingerprint density at radius 2 is 1.53 bits per heavy atom. The zero-order chi connectivity index (χ0) is 32.7. The lowest BCUT2D eigenvalue weighted by molar-refractivity contribution is -0.143. The Kier molecular flexibility index (Phi) is 11.1. The van der Waals surface area contributed by atoms with Gasteiger partial charge in [0.2, 0.25) is 23.1 Å². The number of aliphatic carboxylic acids is 1. The van der Waals surface area contributed by atoms with E-state index in [2.05, 4.69) is 28.7 Å². The fourth-order valence-electron chi connectivity index (χ4n) is 5.24. The number of nitrogens with zero attached hydrogens (tertiary/aromatic N) is 1. The van der Waals surface area contributed by atoms with Crippen LogP contribution in [0.3, 0.4) is 0 Å². The highest BCUT2D eigenvalue weighted by Crippen LogP contribution is 2.23. The summed E-state index contributed by atoms with van der Waals surface area (Å²) in [5, 5.41) is 30.6. The first-order valence-electron chi connectivity index (χ1n) is 14.1. The van der Waals surface area contributed by atoms with Gasteiger partial charge in [-0.3, -0.25) is 24.0 Å². The van der Waals surface area contributed by atoms with Gasteiger partial charge in [0.05, 0.1) is 24.5 Å². The number of hydrogen-bond acceptors (Lipinski definition) is 11. The summed E-state index contributed by atoms with van der Waals surface area (Å²) in [6.45, 7) is 0.527. The molecule has 0 saturated carbocycles. The molecule has 1 aromatic heterocycles. The molecule has 238 valence electrons. The number of nitrogens with one attached hydrogen (secondary N) is 4. The predicted octanol–water partition coefficient (Wildman–Crippen LogP) is 1.19. The highest BCUT2D eigenvalue weighted by atomic mass is 32.1. The molecule has 3 aromatic rings. The molecule has 0 aliphatic carbocycles. The Bertz CT molecular complexity index is 1580. The first-order chi connectivity index (χ1) is 21.4. The molecule has 2 aromatic carbocycles. The fourth-order valence-corrected chi connectivity index (χ4v) is 5.60. The van der Waals surface area contributed by atoms with E-state index >= 15 is 0 Å². The second kappa shape index (κ2) is 14.9. The number of carboxylic acid groups (broad SMARTS) is 2. The van der Waals surface area contributed by atoms with E-state index in [1.54, 1.807) is 11.5 Å². The molecule has 7 N–H and O–H groups in total. The van der Waals surface area contributed by atoms with E-state index < -0.39 is 65.8 Å². The van der Waals surface area contributed by atoms with Gasteiger partial charge in [-0.1, -0.05) is 43.1 Å². The van der Waals surface area contributed by atoms with E-state index in [1.165, 1.54) is 28.6 Å². The van der Waals surface area contributed by atoms with Crippen LogP contribution in [0.4, 0.5) is 4.79 Å². The lowest BCUT2D eigenvalue weighted by Gasteiger charge is -2.25. The summed E-state index contributed by atoms with van der Waals surface area (Å²) in [5.41, 5.74) is 7.45. The van der Waals surface area contributed by atoms with Crippen molar-refractivity contribution in [3.8, 4) is 5.75 Å². The van der Waals surface area contributed by atoms with Crippen LogP contribution in [0, 0.1) is 0 Å². The van der Waals surface area contributed by atoms with E-state index in [9.17, 15) is 39.0 Å². The van der Waals surface area contributed by atoms with Gasteiger partial charge in [0, 0.05) is 23.6 Å². The van der Waals surface area contributed by atoms with Crippen molar-refractivity contribution in [3.63, 3.8) is 0 Å². The molecule has 1 fully saturated rings. The molecular formula is C30H33N5O9S. The first-order valence-corrected chi connectivity index (χ1v) is 14.5. The minimum atomic E-state index is -1.87. The van der Waals surface area contributed by atoms with Crippen LogP contribution in [-0.2, 0) is 36.8 Å². The monoisotopic (exact) mass is 639 g/mol. The summed E-state index contributed by atoms with van der Waals surface area (Å²) in [7, 11) is 0. The molecule has 0 spiro atoms. The predicted molar refractivity (Wildman–Crippen MR) is 164 cm³/mol. The standard InChI is InChI=1S/C30H33N5O9S/c36-18-9-7-16(8-10-18)12-22(27(40)26(39)21(14-25(37)38)32-30(43)44)33-34-23(28(41)29(42)24-6-3-11-35(24)45)13-17-15-31-20-5-2-1-4-19(17)20/h1-2,4-5,7-10,15,21-24,31-34,36,45H,3,6,11-14H2,(H,37,38)(H,43,44)/t21-,22-,23-,24-/m0/s1. The van der Waals surface area contributed by atoms with Gasteiger partial charge >= 0.3 is 12.1 Å². The van der Waals surface area contributed by atoms with E-state index in [4.69, 9.17) is 5.11 Å². The van der Waals surface area contributed by atoms with Gasteiger partial charge in [-0.25, -0.2) is 20.0 Å². The number of rotatable bonds is 16. The summed E-state index contributed by atoms with van der Waals surface area (Å²) in [5.74, 6) is -5.50. The van der Waals surface area contributed by atoms with Crippen molar-refractivity contribution in [1.82, 2.24) is 25.5 Å². The molecule has 2 heterocycles. The number of ketones is 4. The largest absolute Gasteiger partial charge is 0.508 e. The van der Waals surface area contributed by atoms with Crippen molar-refractivity contribution >= 4 is 58.9 Å². The number of fused-ring (bicyclic) bond motifs is 1. The third-order valence-corrected chi connectivity index (χ3v) is 8.02. The Hall–Kier alpha value is -4.57. The number of H-pyrrole nitrogens is 1. The van der Waals surface area contributed by atoms with Crippen molar-refractivity contribution in [2.45, 2.75) is 56.3 Å². The SMILES string of the molecule is O=C(O)C[C@H](NC(=O)O)C(=O)C(=O)[C@H](Cc1ccc(O)cc1)NN[C@@H](Cc1c[nH]c2ccccc12)C(=O)C(=O)[C@@H]1CCCN1S. The molecule has 45 heavy (non-hydrogen) atoms. The number of amides is 1. The Morgan fingerprint density at radius 1 is 0.889 bits per heavy atom. The molecule has 0 unspecified atom stereocenters. The van der Waals surface area contributed by atoms with Gasteiger partial charge in [0.1, 0.15) is 11.8 Å². The van der Waals surface area contributed by atoms with Crippen LogP contribution in [0.1, 0.15) is 30.4 Å². The van der Waals surface area contributed by atoms with Crippen molar-refractivity contribution in [2.24, 2.45) is 0 Å². The van der Waals surface area contributed by atoms with Gasteiger partial charge < -0.3 is 25.6 Å². The van der Waals surface area contributed by atoms with E-state index in [-0.39, 0.29) is 18.6 Å². The first kappa shape index (κ1) is 33.3. The van der Waals surface area contributed by atoms with Crippen LogP contribution in [0.2, 0.25) is 0 Å². The van der Waals surface area contributed by atoms with E-state index in [0.29, 0.717) is 30.5 Å². The third kappa shape index (κ3) is 8.54. The number of Topliss-reactive ketones (excluding diaryl/α,β-unsaturated/α-hetero) is 4. The quantitative estimate of drug-likeness (QED) is 0.0630. The summed E-state index contributed by atoms with van der Waals surface area (Å²) in [6, 6.07) is 7.80. The Morgan fingerprint density at radius 3 is 2.16 bits per heavy atom. The normalized spacial score (nSPS) is 17.0. The number of benzene rings is 2. The number of aromatic hydroxyl groups is 1. The summed E-state index contributed by atoms with van der Waals surface area (Å²) in [4.78, 5) is 79.2. The Labute approximate surface area is 262 Å². The molecule has 14 nitrogen and oxygen atoms in total. The van der Waals surface area contributed by atoms with Crippen molar-refractivity contribution < 1.29 is 44.1 Å². The minimum absolute atomic E-state index is 0.0111. The molecule has 1 amide bonds. The molecule has 4 rings (SSSR count). The lowest BCUT2D eigenvalue weighted by atomic mass is 9.95. The number of phenolic OH excluding ortho intramolecular Hbond substituents is 1. The average molecular weight is 640 g/mol. The highest BCUT2D eigenvalue weighted by Gasteiger charge is 2.38. The molecule has 1 aliphatic heterocycles. The average Bonchev–Trinajstić information content (AvgIpc) is 3.63. The molecule has 0 bridgehead atoms. The van der Waals surface area contributed by atoms with Gasteiger partial charge in [0.15, 0.2) is 0 Å². The van der Waals surface area contributed by atoms with Crippen molar-refractivity contribution in [2.75, 3.05) is 6.54 Å². The molecule has 15 heteroatoms. The second-order valence-electron chi connectivity index (χ2n) is 10.7. The maximum atomic E-state index is 13.7. The number of aromatic nitrogens is 1. The zero-order valence-electron chi connectivity index (χ0n) is 23.9. The number of carboxylic acids is 1. The lowest BCUT2D eigenvalue weighted by Crippen LogP contribution is -2.58. The highest BCUT2D eigenvalue weighted by molar-refractivity contribution is 7.77. The fraction of sp³-hybridized carbons (Fsp3) is 0.333. The van der Waals surface area contributed by atoms with Crippen molar-refractivity contribution in [1.29, 1.82) is 0 Å². The summed E-state index contributed by atoms with van der Waals surface area (Å²) >= 11 is 4.32. The molecule has 1 saturated heterocycles. The van der Waals surface area contributed by atoms with Gasteiger partial charge in [-0.15, -0.1) is 0 Å². The summed E-state index contributed by atoms with van der Waals surface area (Å²) < 4.78 is 1.50. The van der Waals surface area contributed by atoms with Crippen LogP contribution in [-0.4, -0.2) is 90.5 Å². The van der Waals surface area contributed by atoms with Crippen LogP contribution in [0.15, 0.2) is 54.7 Å². The number of hydrogen-bond donors (Lipinski definition) is 8.